The molecule has 0 atom stereocenters. The number of hydrogen-bond donors (Lipinski definition) is 0. The van der Waals surface area contributed by atoms with Crippen molar-refractivity contribution in [2.45, 2.75) is 0 Å². The van der Waals surface area contributed by atoms with Crippen molar-refractivity contribution >= 4 is 59.9 Å². The highest BCUT2D eigenvalue weighted by molar-refractivity contribution is 6.23. The predicted octanol–water partition coefficient (Wildman–Crippen LogP) is 11.3. The highest BCUT2D eigenvalue weighted by Gasteiger charge is 2.20. The molecule has 0 fully saturated rings. The summed E-state index contributed by atoms with van der Waals surface area (Å²) < 4.78 is 4.94. The second-order valence-corrected chi connectivity index (χ2v) is 11.8. The van der Waals surface area contributed by atoms with Crippen molar-refractivity contribution in [1.82, 2.24) is 8.97 Å². The molecule has 0 unspecified atom stereocenters. The Kier molecular flexibility index (Phi) is 4.75. The summed E-state index contributed by atoms with van der Waals surface area (Å²) in [6.45, 7) is 0. The van der Waals surface area contributed by atoms with Crippen molar-refractivity contribution in [2.75, 3.05) is 0 Å². The number of nitrogens with zero attached hydrogens (tertiary/aromatic N) is 2. The van der Waals surface area contributed by atoms with Gasteiger partial charge in [-0.05, 0) is 41.0 Å². The van der Waals surface area contributed by atoms with Crippen LogP contribution in [0.25, 0.3) is 87.8 Å². The zero-order chi connectivity index (χ0) is 28.8. The highest BCUT2D eigenvalue weighted by Crippen LogP contribution is 2.42. The number of aromatic nitrogens is 2. The maximum absolute atomic E-state index is 2.47. The summed E-state index contributed by atoms with van der Waals surface area (Å²) >= 11 is 0. The third kappa shape index (κ3) is 3.14. The van der Waals surface area contributed by atoms with Gasteiger partial charge in [0.1, 0.15) is 0 Å². The summed E-state index contributed by atoms with van der Waals surface area (Å²) in [5.74, 6) is 0. The molecule has 0 amide bonds. The number of fused-ring (bicyclic) bond motifs is 9. The first-order valence-electron chi connectivity index (χ1n) is 15.2. The van der Waals surface area contributed by atoms with E-state index in [-0.39, 0.29) is 0 Å². The SMILES string of the molecule is c1ccc(-c2ccc(-c3cccc4c5ccccc5n(-c5ccc6c7cccc8c9ccccc9n(c6c5)c87)c34)cc2)cc1. The quantitative estimate of drug-likeness (QED) is 0.204. The van der Waals surface area contributed by atoms with Gasteiger partial charge < -0.3 is 8.97 Å². The van der Waals surface area contributed by atoms with E-state index < -0.39 is 0 Å². The summed E-state index contributed by atoms with van der Waals surface area (Å²) in [6, 6.07) is 57.6. The van der Waals surface area contributed by atoms with Crippen molar-refractivity contribution in [2.24, 2.45) is 0 Å². The highest BCUT2D eigenvalue weighted by atomic mass is 15.0. The molecule has 0 spiro atoms. The fraction of sp³-hybridized carbons (Fsp3) is 0. The summed E-state index contributed by atoms with van der Waals surface area (Å²) in [5.41, 5.74) is 12.3. The Morgan fingerprint density at radius 3 is 1.64 bits per heavy atom. The van der Waals surface area contributed by atoms with E-state index in [2.05, 4.69) is 167 Å². The van der Waals surface area contributed by atoms with Crippen molar-refractivity contribution < 1.29 is 0 Å². The van der Waals surface area contributed by atoms with Crippen molar-refractivity contribution in [3.05, 3.63) is 158 Å². The third-order valence-corrected chi connectivity index (χ3v) is 9.46. The minimum atomic E-state index is 1.17. The Labute approximate surface area is 254 Å². The molecule has 0 N–H and O–H groups in total. The first-order chi connectivity index (χ1) is 21.8. The van der Waals surface area contributed by atoms with E-state index in [1.807, 2.05) is 0 Å². The summed E-state index contributed by atoms with van der Waals surface area (Å²) in [5, 5.41) is 7.75. The Morgan fingerprint density at radius 2 is 0.864 bits per heavy atom. The summed E-state index contributed by atoms with van der Waals surface area (Å²) in [7, 11) is 0. The van der Waals surface area contributed by atoms with E-state index in [9.17, 15) is 0 Å². The van der Waals surface area contributed by atoms with Crippen molar-refractivity contribution in [3.8, 4) is 27.9 Å². The molecular weight excluding hydrogens is 532 g/mol. The number of para-hydroxylation sites is 4. The lowest BCUT2D eigenvalue weighted by Crippen LogP contribution is -1.96. The smallest absolute Gasteiger partial charge is 0.0620 e. The second kappa shape index (κ2) is 8.82. The maximum Gasteiger partial charge on any atom is 0.0620 e. The molecule has 7 aromatic carbocycles. The lowest BCUT2D eigenvalue weighted by Gasteiger charge is -2.13. The third-order valence-electron chi connectivity index (χ3n) is 9.46. The Bertz CT molecular complexity index is 2690. The maximum atomic E-state index is 2.47. The first-order valence-corrected chi connectivity index (χ1v) is 15.2. The van der Waals surface area contributed by atoms with Gasteiger partial charge in [-0.25, -0.2) is 0 Å². The molecule has 0 bridgehead atoms. The zero-order valence-electron chi connectivity index (χ0n) is 23.9. The summed E-state index contributed by atoms with van der Waals surface area (Å²) in [4.78, 5) is 0. The van der Waals surface area contributed by atoms with Gasteiger partial charge in [0.05, 0.1) is 27.6 Å². The van der Waals surface area contributed by atoms with Crippen LogP contribution < -0.4 is 0 Å². The van der Waals surface area contributed by atoms with Crippen LogP contribution in [-0.2, 0) is 0 Å². The number of hydrogen-bond acceptors (Lipinski definition) is 0. The molecule has 0 saturated heterocycles. The van der Waals surface area contributed by atoms with Crippen LogP contribution in [0.2, 0.25) is 0 Å². The van der Waals surface area contributed by atoms with E-state index in [0.717, 1.165) is 0 Å². The van der Waals surface area contributed by atoms with Crippen LogP contribution >= 0.6 is 0 Å². The van der Waals surface area contributed by atoms with Crippen LogP contribution in [0.3, 0.4) is 0 Å². The lowest BCUT2D eigenvalue weighted by atomic mass is 9.98. The molecular formula is C42H26N2. The van der Waals surface area contributed by atoms with Crippen LogP contribution in [0.4, 0.5) is 0 Å². The van der Waals surface area contributed by atoms with Gasteiger partial charge >= 0.3 is 0 Å². The van der Waals surface area contributed by atoms with Gasteiger partial charge in [0.2, 0.25) is 0 Å². The van der Waals surface area contributed by atoms with Crippen LogP contribution in [0, 0.1) is 0 Å². The van der Waals surface area contributed by atoms with Gasteiger partial charge in [0, 0.05) is 43.6 Å². The molecule has 3 aromatic heterocycles. The van der Waals surface area contributed by atoms with E-state index in [1.165, 1.54) is 87.8 Å². The second-order valence-electron chi connectivity index (χ2n) is 11.8. The fourth-order valence-electron chi connectivity index (χ4n) is 7.55. The minimum absolute atomic E-state index is 1.17. The molecule has 2 nitrogen and oxygen atoms in total. The fourth-order valence-corrected chi connectivity index (χ4v) is 7.55. The molecule has 0 radical (unpaired) electrons. The van der Waals surface area contributed by atoms with Gasteiger partial charge in [0.25, 0.3) is 0 Å². The molecule has 44 heavy (non-hydrogen) atoms. The van der Waals surface area contributed by atoms with E-state index in [4.69, 9.17) is 0 Å². The van der Waals surface area contributed by atoms with Gasteiger partial charge in [-0.1, -0.05) is 133 Å². The van der Waals surface area contributed by atoms with Gasteiger partial charge in [0.15, 0.2) is 0 Å². The first kappa shape index (κ1) is 23.7. The topological polar surface area (TPSA) is 9.34 Å². The zero-order valence-corrected chi connectivity index (χ0v) is 23.9. The molecule has 10 aromatic rings. The minimum Gasteiger partial charge on any atom is -0.309 e. The molecule has 2 heteroatoms. The average Bonchev–Trinajstić information content (AvgIpc) is 3.74. The van der Waals surface area contributed by atoms with Crippen molar-refractivity contribution in [1.29, 1.82) is 0 Å². The number of rotatable bonds is 3. The molecule has 0 aliphatic rings. The molecule has 3 heterocycles. The van der Waals surface area contributed by atoms with Crippen LogP contribution in [0.1, 0.15) is 0 Å². The molecule has 0 aliphatic heterocycles. The average molecular weight is 559 g/mol. The largest absolute Gasteiger partial charge is 0.309 e. The van der Waals surface area contributed by atoms with Crippen LogP contribution in [-0.4, -0.2) is 8.97 Å². The molecule has 204 valence electrons. The van der Waals surface area contributed by atoms with Gasteiger partial charge in [-0.3, -0.25) is 0 Å². The molecule has 0 aliphatic carbocycles. The lowest BCUT2D eigenvalue weighted by molar-refractivity contribution is 1.18. The molecule has 0 saturated carbocycles. The van der Waals surface area contributed by atoms with Gasteiger partial charge in [-0.15, -0.1) is 0 Å². The standard InChI is InChI=1S/C42H26N2/c1-2-10-27(11-3-1)28-20-22-29(23-21-28)31-14-8-15-35-32-12-4-6-18-38(32)43(41(31)35)30-24-25-34-37-17-9-16-36-33-13-5-7-19-39(33)44(42(36)37)40(34)26-30/h1-26H. The Morgan fingerprint density at radius 1 is 0.318 bits per heavy atom. The van der Waals surface area contributed by atoms with Crippen LogP contribution in [0.15, 0.2) is 158 Å². The van der Waals surface area contributed by atoms with E-state index in [0.29, 0.717) is 0 Å². The Hall–Kier alpha value is -5.86. The van der Waals surface area contributed by atoms with Gasteiger partial charge in [-0.2, -0.15) is 0 Å². The van der Waals surface area contributed by atoms with E-state index in [1.54, 1.807) is 0 Å². The monoisotopic (exact) mass is 558 g/mol. The Balaban J connectivity index is 1.27. The normalized spacial score (nSPS) is 12.1. The summed E-state index contributed by atoms with van der Waals surface area (Å²) in [6.07, 6.45) is 0. The predicted molar refractivity (Wildman–Crippen MR) is 186 cm³/mol. The molecule has 10 rings (SSSR count). The van der Waals surface area contributed by atoms with Crippen LogP contribution in [0.5, 0.6) is 0 Å². The van der Waals surface area contributed by atoms with E-state index >= 15 is 0 Å². The van der Waals surface area contributed by atoms with Crippen molar-refractivity contribution in [3.63, 3.8) is 0 Å². The number of benzene rings is 7.